The topological polar surface area (TPSA) is 92.9 Å². The third kappa shape index (κ3) is 4.00. The summed E-state index contributed by atoms with van der Waals surface area (Å²) >= 11 is 6.06. The molecule has 0 unspecified atom stereocenters. The molecule has 31 heavy (non-hydrogen) atoms. The Labute approximate surface area is 183 Å². The lowest BCUT2D eigenvalue weighted by atomic mass is 10.0. The molecule has 0 radical (unpaired) electrons. The molecule has 8 heteroatoms. The minimum atomic E-state index is -0.246. The second kappa shape index (κ2) is 8.57. The fraction of sp³-hybridized carbons (Fsp3) is 0.130. The van der Waals surface area contributed by atoms with Crippen LogP contribution in [0.5, 0.6) is 6.01 Å². The highest BCUT2D eigenvalue weighted by Crippen LogP contribution is 2.28. The fourth-order valence-corrected chi connectivity index (χ4v) is 3.46. The molecule has 4 rings (SSSR count). The molecule has 2 N–H and O–H groups in total. The lowest BCUT2D eigenvalue weighted by Crippen LogP contribution is -2.22. The van der Waals surface area contributed by atoms with Crippen molar-refractivity contribution in [3.63, 3.8) is 0 Å². The third-order valence-electron chi connectivity index (χ3n) is 4.75. The van der Waals surface area contributed by atoms with Crippen molar-refractivity contribution in [2.45, 2.75) is 6.92 Å². The molecule has 0 spiro atoms. The lowest BCUT2D eigenvalue weighted by Gasteiger charge is -2.16. The van der Waals surface area contributed by atoms with Crippen LogP contribution < -0.4 is 15.6 Å². The highest BCUT2D eigenvalue weighted by atomic mass is 35.5. The molecule has 0 amide bonds. The highest BCUT2D eigenvalue weighted by molar-refractivity contribution is 6.30. The zero-order valence-corrected chi connectivity index (χ0v) is 17.8. The van der Waals surface area contributed by atoms with E-state index in [-0.39, 0.29) is 11.6 Å². The predicted octanol–water partition coefficient (Wildman–Crippen LogP) is 4.04. The van der Waals surface area contributed by atoms with Crippen LogP contribution in [0.25, 0.3) is 27.7 Å². The molecule has 0 atom stereocenters. The van der Waals surface area contributed by atoms with E-state index in [0.717, 1.165) is 0 Å². The van der Waals surface area contributed by atoms with Crippen LogP contribution in [-0.2, 0) is 0 Å². The van der Waals surface area contributed by atoms with Gasteiger partial charge < -0.3 is 15.5 Å². The first-order chi connectivity index (χ1) is 15.0. The number of pyridine rings is 1. The van der Waals surface area contributed by atoms with Gasteiger partial charge in [-0.3, -0.25) is 9.36 Å². The Morgan fingerprint density at radius 2 is 2.03 bits per heavy atom. The van der Waals surface area contributed by atoms with E-state index in [2.05, 4.69) is 15.3 Å². The first-order valence-corrected chi connectivity index (χ1v) is 10.1. The highest BCUT2D eigenvalue weighted by Gasteiger charge is 2.18. The van der Waals surface area contributed by atoms with Crippen molar-refractivity contribution in [3.05, 3.63) is 82.0 Å². The number of hydrogen-bond donors (Lipinski definition) is 2. The van der Waals surface area contributed by atoms with Crippen molar-refractivity contribution in [2.75, 3.05) is 13.7 Å². The zero-order chi connectivity index (χ0) is 22.0. The summed E-state index contributed by atoms with van der Waals surface area (Å²) in [6.07, 6.45) is 10.2. The van der Waals surface area contributed by atoms with Gasteiger partial charge in [-0.2, -0.15) is 4.98 Å². The summed E-state index contributed by atoms with van der Waals surface area (Å²) in [5, 5.41) is 12.3. The Balaban J connectivity index is 2.00. The Kier molecular flexibility index (Phi) is 5.68. The number of allylic oxidation sites excluding steroid dienone is 5. The van der Waals surface area contributed by atoms with Gasteiger partial charge in [0.1, 0.15) is 0 Å². The van der Waals surface area contributed by atoms with E-state index in [9.17, 15) is 4.79 Å². The molecule has 1 aliphatic carbocycles. The summed E-state index contributed by atoms with van der Waals surface area (Å²) in [5.74, 6) is 0. The van der Waals surface area contributed by atoms with Gasteiger partial charge >= 0.3 is 6.01 Å². The minimum absolute atomic E-state index is 0.215. The zero-order valence-electron chi connectivity index (χ0n) is 17.0. The smallest absolute Gasteiger partial charge is 0.316 e. The fourth-order valence-electron chi connectivity index (χ4n) is 3.33. The summed E-state index contributed by atoms with van der Waals surface area (Å²) < 4.78 is 6.99. The Morgan fingerprint density at radius 1 is 1.26 bits per heavy atom. The molecule has 2 heterocycles. The molecule has 1 aromatic carbocycles. The second-order valence-electron chi connectivity index (χ2n) is 6.78. The van der Waals surface area contributed by atoms with Crippen LogP contribution in [-0.4, -0.2) is 33.9 Å². The van der Waals surface area contributed by atoms with Gasteiger partial charge in [0.25, 0.3) is 5.56 Å². The molecule has 3 aromatic rings. The second-order valence-corrected chi connectivity index (χ2v) is 7.22. The summed E-state index contributed by atoms with van der Waals surface area (Å²) in [6, 6.07) is 7.27. The van der Waals surface area contributed by atoms with Gasteiger partial charge in [0.2, 0.25) is 0 Å². The molecule has 156 valence electrons. The molecule has 0 fully saturated rings. The molecule has 1 aliphatic rings. The van der Waals surface area contributed by atoms with Crippen LogP contribution in [0.4, 0.5) is 0 Å². The lowest BCUT2D eigenvalue weighted by molar-refractivity contribution is 0.314. The van der Waals surface area contributed by atoms with Crippen LogP contribution in [0.1, 0.15) is 6.92 Å². The van der Waals surface area contributed by atoms with Crippen LogP contribution in [0.2, 0.25) is 5.02 Å². The Bertz CT molecular complexity index is 1320. The molecule has 0 aliphatic heterocycles. The standard InChI is InChI=1S/C23H20ClN5O2/c1-3-31-23-27-12-16-13-29(18-8-9-19(25)15(10-18)11-26-2)22(30)20(21(16)28-23)14-4-6-17(24)7-5-14/h4-13,25-26H,3H2,1-2H3/b15-11-,25-19?. The molecular formula is C23H20ClN5O2. The van der Waals surface area contributed by atoms with Gasteiger partial charge in [-0.1, -0.05) is 23.7 Å². The van der Waals surface area contributed by atoms with Crippen LogP contribution >= 0.6 is 11.6 Å². The maximum atomic E-state index is 13.6. The molecule has 0 saturated heterocycles. The molecular weight excluding hydrogens is 414 g/mol. The largest absolute Gasteiger partial charge is 0.464 e. The van der Waals surface area contributed by atoms with E-state index in [0.29, 0.717) is 50.6 Å². The van der Waals surface area contributed by atoms with Gasteiger partial charge in [0, 0.05) is 47.3 Å². The van der Waals surface area contributed by atoms with Gasteiger partial charge in [-0.15, -0.1) is 0 Å². The first-order valence-electron chi connectivity index (χ1n) is 9.69. The summed E-state index contributed by atoms with van der Waals surface area (Å²) in [6.45, 7) is 2.27. The summed E-state index contributed by atoms with van der Waals surface area (Å²) in [4.78, 5) is 22.4. The Hall–Kier alpha value is -3.71. The number of hydrogen-bond acceptors (Lipinski definition) is 6. The third-order valence-corrected chi connectivity index (χ3v) is 5.00. The monoisotopic (exact) mass is 433 g/mol. The van der Waals surface area contributed by atoms with Crippen LogP contribution in [0, 0.1) is 5.41 Å². The van der Waals surface area contributed by atoms with Gasteiger partial charge in [0.15, 0.2) is 0 Å². The molecule has 7 nitrogen and oxygen atoms in total. The SMILES string of the molecule is CCOc1ncc2cn(C3=C/C(=C/NC)C(=N)C=C3)c(=O)c(-c3ccc(Cl)cc3)c2n1. The summed E-state index contributed by atoms with van der Waals surface area (Å²) in [5.41, 5.74) is 3.02. The van der Waals surface area contributed by atoms with Crippen LogP contribution in [0.3, 0.4) is 0 Å². The number of nitrogens with one attached hydrogen (secondary N) is 2. The number of halogens is 1. The number of ether oxygens (including phenoxy) is 1. The van der Waals surface area contributed by atoms with Crippen molar-refractivity contribution in [2.24, 2.45) is 0 Å². The number of aromatic nitrogens is 3. The average molecular weight is 434 g/mol. The first kappa shape index (κ1) is 20.6. The van der Waals surface area contributed by atoms with E-state index >= 15 is 0 Å². The molecule has 0 bridgehead atoms. The van der Waals surface area contributed by atoms with E-state index in [1.807, 2.05) is 6.92 Å². The van der Waals surface area contributed by atoms with Crippen molar-refractivity contribution < 1.29 is 4.74 Å². The average Bonchev–Trinajstić information content (AvgIpc) is 2.76. The van der Waals surface area contributed by atoms with Gasteiger partial charge in [-0.25, -0.2) is 4.98 Å². The summed E-state index contributed by atoms with van der Waals surface area (Å²) in [7, 11) is 1.76. The van der Waals surface area contributed by atoms with Gasteiger partial charge in [0.05, 0.1) is 23.4 Å². The van der Waals surface area contributed by atoms with Crippen molar-refractivity contribution >= 4 is 33.9 Å². The molecule has 2 aromatic heterocycles. The van der Waals surface area contributed by atoms with Gasteiger partial charge in [-0.05, 0) is 42.8 Å². The number of fused-ring (bicyclic) bond motifs is 1. The predicted molar refractivity (Wildman–Crippen MR) is 124 cm³/mol. The number of nitrogens with zero attached hydrogens (tertiary/aromatic N) is 3. The maximum absolute atomic E-state index is 13.6. The quantitative estimate of drug-likeness (QED) is 0.633. The van der Waals surface area contributed by atoms with Crippen LogP contribution in [0.15, 0.2) is 71.5 Å². The van der Waals surface area contributed by atoms with E-state index in [1.165, 1.54) is 0 Å². The molecule has 0 saturated carbocycles. The number of benzene rings is 1. The Morgan fingerprint density at radius 3 is 2.74 bits per heavy atom. The maximum Gasteiger partial charge on any atom is 0.316 e. The van der Waals surface area contributed by atoms with E-state index < -0.39 is 0 Å². The van der Waals surface area contributed by atoms with Crippen molar-refractivity contribution in [1.29, 1.82) is 5.41 Å². The van der Waals surface area contributed by atoms with Crippen molar-refractivity contribution in [3.8, 4) is 17.1 Å². The van der Waals surface area contributed by atoms with Crippen molar-refractivity contribution in [1.82, 2.24) is 19.9 Å². The van der Waals surface area contributed by atoms with E-state index in [4.69, 9.17) is 21.7 Å². The normalized spacial score (nSPS) is 14.7. The number of rotatable bonds is 5. The minimum Gasteiger partial charge on any atom is -0.464 e. The van der Waals surface area contributed by atoms with E-state index in [1.54, 1.807) is 72.7 Å².